The lowest BCUT2D eigenvalue weighted by Gasteiger charge is -2.16. The van der Waals surface area contributed by atoms with Crippen molar-refractivity contribution in [2.24, 2.45) is 5.92 Å². The molecule has 0 radical (unpaired) electrons. The fourth-order valence-corrected chi connectivity index (χ4v) is 2.22. The molecule has 1 atom stereocenters. The molecule has 0 aromatic heterocycles. The molecule has 18 heavy (non-hydrogen) atoms. The van der Waals surface area contributed by atoms with Crippen molar-refractivity contribution in [3.8, 4) is 6.07 Å². The second-order valence-corrected chi connectivity index (χ2v) is 5.10. The molecule has 98 valence electrons. The SMILES string of the molecule is CCC(C#N)CNCc1c(C)c(C)cc(C)c1C. The molecule has 0 heterocycles. The van der Waals surface area contributed by atoms with E-state index < -0.39 is 0 Å². The van der Waals surface area contributed by atoms with Crippen LogP contribution in [0, 0.1) is 44.9 Å². The molecule has 0 saturated heterocycles. The fraction of sp³-hybridized carbons (Fsp3) is 0.562. The topological polar surface area (TPSA) is 35.8 Å². The molecule has 0 spiro atoms. The van der Waals surface area contributed by atoms with Crippen molar-refractivity contribution in [3.63, 3.8) is 0 Å². The first-order valence-electron chi connectivity index (χ1n) is 6.67. The maximum Gasteiger partial charge on any atom is 0.0669 e. The lowest BCUT2D eigenvalue weighted by atomic mass is 9.94. The molecule has 0 fully saturated rings. The number of nitrogens with zero attached hydrogens (tertiary/aromatic N) is 1. The highest BCUT2D eigenvalue weighted by Crippen LogP contribution is 2.21. The highest BCUT2D eigenvalue weighted by atomic mass is 14.9. The number of nitrogens with one attached hydrogen (secondary N) is 1. The summed E-state index contributed by atoms with van der Waals surface area (Å²) in [7, 11) is 0. The van der Waals surface area contributed by atoms with Gasteiger partial charge >= 0.3 is 0 Å². The zero-order chi connectivity index (χ0) is 13.7. The van der Waals surface area contributed by atoms with Crippen LogP contribution in [0.1, 0.15) is 41.2 Å². The van der Waals surface area contributed by atoms with Gasteiger partial charge in [0, 0.05) is 13.1 Å². The summed E-state index contributed by atoms with van der Waals surface area (Å²) in [5.74, 6) is 0.122. The van der Waals surface area contributed by atoms with Crippen LogP contribution in [-0.4, -0.2) is 6.54 Å². The number of hydrogen-bond donors (Lipinski definition) is 1. The van der Waals surface area contributed by atoms with Crippen molar-refractivity contribution in [3.05, 3.63) is 33.9 Å². The van der Waals surface area contributed by atoms with E-state index in [0.29, 0.717) is 0 Å². The van der Waals surface area contributed by atoms with Crippen LogP contribution < -0.4 is 5.32 Å². The molecule has 1 rings (SSSR count). The Kier molecular flexibility index (Phi) is 5.37. The van der Waals surface area contributed by atoms with Crippen LogP contribution in [0.3, 0.4) is 0 Å². The van der Waals surface area contributed by atoms with Crippen LogP contribution in [0.2, 0.25) is 0 Å². The van der Waals surface area contributed by atoms with Crippen LogP contribution in [-0.2, 0) is 6.54 Å². The van der Waals surface area contributed by atoms with Gasteiger partial charge in [0.2, 0.25) is 0 Å². The molecule has 1 aromatic rings. The van der Waals surface area contributed by atoms with Gasteiger partial charge in [0.25, 0.3) is 0 Å². The van der Waals surface area contributed by atoms with E-state index in [1.54, 1.807) is 0 Å². The number of benzene rings is 1. The van der Waals surface area contributed by atoms with Crippen LogP contribution in [0.15, 0.2) is 6.07 Å². The molecule has 0 bridgehead atoms. The van der Waals surface area contributed by atoms with Gasteiger partial charge in [-0.15, -0.1) is 0 Å². The van der Waals surface area contributed by atoms with Crippen molar-refractivity contribution < 1.29 is 0 Å². The maximum absolute atomic E-state index is 8.93. The minimum absolute atomic E-state index is 0.122. The molecule has 0 aliphatic rings. The van der Waals surface area contributed by atoms with Crippen molar-refractivity contribution in [2.45, 2.75) is 47.6 Å². The summed E-state index contributed by atoms with van der Waals surface area (Å²) >= 11 is 0. The Balaban J connectivity index is 2.77. The Morgan fingerprint density at radius 1 is 1.17 bits per heavy atom. The highest BCUT2D eigenvalue weighted by Gasteiger charge is 2.09. The Labute approximate surface area is 111 Å². The number of rotatable bonds is 5. The molecule has 0 aliphatic heterocycles. The predicted octanol–water partition coefficient (Wildman–Crippen LogP) is 3.56. The zero-order valence-corrected chi connectivity index (χ0v) is 12.2. The largest absolute Gasteiger partial charge is 0.311 e. The second kappa shape index (κ2) is 6.56. The number of hydrogen-bond acceptors (Lipinski definition) is 2. The van der Waals surface area contributed by atoms with Gasteiger partial charge in [0.15, 0.2) is 0 Å². The summed E-state index contributed by atoms with van der Waals surface area (Å²) in [6, 6.07) is 4.58. The summed E-state index contributed by atoms with van der Waals surface area (Å²) in [6.07, 6.45) is 0.911. The third-order valence-electron chi connectivity index (χ3n) is 3.89. The Morgan fingerprint density at radius 2 is 1.72 bits per heavy atom. The molecule has 1 unspecified atom stereocenters. The van der Waals surface area contributed by atoms with Crippen molar-refractivity contribution in [2.75, 3.05) is 6.54 Å². The van der Waals surface area contributed by atoms with Gasteiger partial charge in [-0.05, 0) is 61.9 Å². The normalized spacial score (nSPS) is 12.2. The third kappa shape index (κ3) is 3.34. The van der Waals surface area contributed by atoms with Gasteiger partial charge in [-0.25, -0.2) is 0 Å². The molecule has 0 aliphatic carbocycles. The standard InChI is InChI=1S/C16H24N2/c1-6-15(8-17)9-18-10-16-13(4)11(2)7-12(3)14(16)5/h7,15,18H,6,9-10H2,1-5H3. The lowest BCUT2D eigenvalue weighted by Crippen LogP contribution is -2.22. The second-order valence-electron chi connectivity index (χ2n) is 5.10. The predicted molar refractivity (Wildman–Crippen MR) is 76.5 cm³/mol. The van der Waals surface area contributed by atoms with E-state index in [-0.39, 0.29) is 5.92 Å². The maximum atomic E-state index is 8.93. The molecule has 0 saturated carbocycles. The number of aryl methyl sites for hydroxylation is 2. The molecular weight excluding hydrogens is 220 g/mol. The van der Waals surface area contributed by atoms with E-state index in [0.717, 1.165) is 19.5 Å². The first-order chi connectivity index (χ1) is 8.51. The monoisotopic (exact) mass is 244 g/mol. The van der Waals surface area contributed by atoms with Gasteiger partial charge < -0.3 is 5.32 Å². The molecule has 1 aromatic carbocycles. The summed E-state index contributed by atoms with van der Waals surface area (Å²) in [5, 5.41) is 12.3. The minimum Gasteiger partial charge on any atom is -0.311 e. The average molecular weight is 244 g/mol. The first-order valence-corrected chi connectivity index (χ1v) is 6.67. The minimum atomic E-state index is 0.122. The van der Waals surface area contributed by atoms with E-state index in [9.17, 15) is 0 Å². The van der Waals surface area contributed by atoms with Crippen molar-refractivity contribution in [1.29, 1.82) is 5.26 Å². The molecule has 2 nitrogen and oxygen atoms in total. The fourth-order valence-electron chi connectivity index (χ4n) is 2.22. The average Bonchev–Trinajstić information content (AvgIpc) is 2.36. The Morgan fingerprint density at radius 3 is 2.17 bits per heavy atom. The van der Waals surface area contributed by atoms with E-state index in [4.69, 9.17) is 5.26 Å². The smallest absolute Gasteiger partial charge is 0.0669 e. The summed E-state index contributed by atoms with van der Waals surface area (Å²) < 4.78 is 0. The lowest BCUT2D eigenvalue weighted by molar-refractivity contribution is 0.551. The van der Waals surface area contributed by atoms with Gasteiger partial charge in [0.1, 0.15) is 0 Å². The first kappa shape index (κ1) is 14.7. The summed E-state index contributed by atoms with van der Waals surface area (Å²) in [6.45, 7) is 12.4. The quantitative estimate of drug-likeness (QED) is 0.859. The zero-order valence-electron chi connectivity index (χ0n) is 12.2. The molecular formula is C16H24N2. The third-order valence-corrected chi connectivity index (χ3v) is 3.89. The van der Waals surface area contributed by atoms with Gasteiger partial charge in [-0.3, -0.25) is 0 Å². The van der Waals surface area contributed by atoms with E-state index in [1.165, 1.54) is 27.8 Å². The van der Waals surface area contributed by atoms with Crippen LogP contribution >= 0.6 is 0 Å². The summed E-state index contributed by atoms with van der Waals surface area (Å²) in [5.41, 5.74) is 6.83. The van der Waals surface area contributed by atoms with Crippen molar-refractivity contribution >= 4 is 0 Å². The Bertz CT molecular complexity index is 429. The van der Waals surface area contributed by atoms with Gasteiger partial charge in [-0.1, -0.05) is 13.0 Å². The molecule has 0 amide bonds. The number of nitriles is 1. The van der Waals surface area contributed by atoms with Crippen LogP contribution in [0.25, 0.3) is 0 Å². The van der Waals surface area contributed by atoms with Crippen molar-refractivity contribution in [1.82, 2.24) is 5.32 Å². The molecule has 1 N–H and O–H groups in total. The van der Waals surface area contributed by atoms with E-state index in [1.807, 2.05) is 0 Å². The van der Waals surface area contributed by atoms with Gasteiger partial charge in [-0.2, -0.15) is 5.26 Å². The highest BCUT2D eigenvalue weighted by molar-refractivity contribution is 5.43. The van der Waals surface area contributed by atoms with E-state index >= 15 is 0 Å². The van der Waals surface area contributed by atoms with Crippen LogP contribution in [0.5, 0.6) is 0 Å². The van der Waals surface area contributed by atoms with Gasteiger partial charge in [0.05, 0.1) is 12.0 Å². The van der Waals surface area contributed by atoms with Crippen LogP contribution in [0.4, 0.5) is 0 Å². The Hall–Kier alpha value is -1.33. The molecule has 2 heteroatoms. The summed E-state index contributed by atoms with van der Waals surface area (Å²) in [4.78, 5) is 0. The van der Waals surface area contributed by atoms with E-state index in [2.05, 4.69) is 52.1 Å².